The average molecular weight is 348 g/mol. The molecule has 1 amide bonds. The van der Waals surface area contributed by atoms with E-state index in [0.717, 1.165) is 30.2 Å². The van der Waals surface area contributed by atoms with Gasteiger partial charge in [0.1, 0.15) is 5.15 Å². The van der Waals surface area contributed by atoms with Crippen molar-refractivity contribution in [2.75, 3.05) is 13.2 Å². The minimum Gasteiger partial charge on any atom is -0.395 e. The van der Waals surface area contributed by atoms with E-state index < -0.39 is 0 Å². The number of aliphatic hydroxyl groups is 1. The van der Waals surface area contributed by atoms with Crippen molar-refractivity contribution in [1.82, 2.24) is 9.88 Å². The molecule has 0 aliphatic heterocycles. The number of hydrogen-bond acceptors (Lipinski definition) is 3. The zero-order valence-corrected chi connectivity index (χ0v) is 12.8. The first kappa shape index (κ1) is 14.8. The fourth-order valence-corrected chi connectivity index (χ4v) is 3.02. The van der Waals surface area contributed by atoms with Crippen molar-refractivity contribution in [2.45, 2.75) is 31.7 Å². The van der Waals surface area contributed by atoms with Crippen LogP contribution in [0.25, 0.3) is 0 Å². The number of rotatable bonds is 4. The Hall–Kier alpha value is -0.650. The van der Waals surface area contributed by atoms with Crippen LogP contribution >= 0.6 is 27.5 Å². The van der Waals surface area contributed by atoms with E-state index in [0.29, 0.717) is 12.1 Å². The highest BCUT2D eigenvalue weighted by molar-refractivity contribution is 9.10. The molecular weight excluding hydrogens is 332 g/mol. The molecule has 19 heavy (non-hydrogen) atoms. The molecule has 1 heterocycles. The molecule has 1 N–H and O–H groups in total. The molecule has 0 radical (unpaired) electrons. The predicted molar refractivity (Wildman–Crippen MR) is 77.3 cm³/mol. The number of nitrogens with zero attached hydrogens (tertiary/aromatic N) is 2. The maximum atomic E-state index is 12.6. The Labute approximate surface area is 125 Å². The summed E-state index contributed by atoms with van der Waals surface area (Å²) >= 11 is 9.30. The highest BCUT2D eigenvalue weighted by Gasteiger charge is 2.28. The van der Waals surface area contributed by atoms with Crippen LogP contribution in [0.15, 0.2) is 16.7 Å². The lowest BCUT2D eigenvalue weighted by Crippen LogP contribution is -2.41. The SMILES string of the molecule is O=C(c1cc(Br)cnc1Cl)N(CCO)C1CCCC1. The normalized spacial score (nSPS) is 15.7. The molecule has 104 valence electrons. The van der Waals surface area contributed by atoms with Crippen LogP contribution in [0.3, 0.4) is 0 Å². The van der Waals surface area contributed by atoms with Crippen molar-refractivity contribution in [3.63, 3.8) is 0 Å². The maximum Gasteiger partial charge on any atom is 0.257 e. The minimum atomic E-state index is -0.153. The fourth-order valence-electron chi connectivity index (χ4n) is 2.50. The second-order valence-corrected chi connectivity index (χ2v) is 5.93. The number of aliphatic hydroxyl groups excluding tert-OH is 1. The number of carbonyl (C=O) groups is 1. The molecule has 6 heteroatoms. The van der Waals surface area contributed by atoms with Crippen LogP contribution < -0.4 is 0 Å². The summed E-state index contributed by atoms with van der Waals surface area (Å²) in [5.41, 5.74) is 0.386. The van der Waals surface area contributed by atoms with Gasteiger partial charge in [-0.15, -0.1) is 0 Å². The molecule has 2 rings (SSSR count). The van der Waals surface area contributed by atoms with Crippen LogP contribution in [0, 0.1) is 0 Å². The molecule has 0 bridgehead atoms. The third kappa shape index (κ3) is 3.46. The second-order valence-electron chi connectivity index (χ2n) is 4.65. The number of halogens is 2. The molecule has 1 saturated carbocycles. The first-order valence-corrected chi connectivity index (χ1v) is 7.53. The summed E-state index contributed by atoms with van der Waals surface area (Å²) in [5.74, 6) is -0.153. The first-order chi connectivity index (χ1) is 9.13. The van der Waals surface area contributed by atoms with Gasteiger partial charge in [-0.1, -0.05) is 24.4 Å². The predicted octanol–water partition coefficient (Wildman–Crippen LogP) is 2.87. The van der Waals surface area contributed by atoms with Crippen molar-refractivity contribution in [3.05, 3.63) is 27.5 Å². The summed E-state index contributed by atoms with van der Waals surface area (Å²) in [7, 11) is 0. The van der Waals surface area contributed by atoms with Gasteiger partial charge in [0.05, 0.1) is 12.2 Å². The molecule has 1 fully saturated rings. The Kier molecular flexibility index (Phi) is 5.19. The summed E-state index contributed by atoms with van der Waals surface area (Å²) in [6.07, 6.45) is 5.80. The van der Waals surface area contributed by atoms with Gasteiger partial charge in [0.15, 0.2) is 0 Å². The zero-order chi connectivity index (χ0) is 13.8. The fraction of sp³-hybridized carbons (Fsp3) is 0.538. The van der Waals surface area contributed by atoms with Crippen molar-refractivity contribution < 1.29 is 9.90 Å². The van der Waals surface area contributed by atoms with Gasteiger partial charge in [0, 0.05) is 23.3 Å². The number of pyridine rings is 1. The van der Waals surface area contributed by atoms with Crippen LogP contribution in [-0.2, 0) is 0 Å². The summed E-state index contributed by atoms with van der Waals surface area (Å²) in [4.78, 5) is 18.3. The monoisotopic (exact) mass is 346 g/mol. The molecule has 0 spiro atoms. The van der Waals surface area contributed by atoms with Crippen molar-refractivity contribution in [2.24, 2.45) is 0 Å². The van der Waals surface area contributed by atoms with E-state index in [1.165, 1.54) is 0 Å². The van der Waals surface area contributed by atoms with E-state index in [9.17, 15) is 4.79 Å². The van der Waals surface area contributed by atoms with Crippen LogP contribution in [-0.4, -0.2) is 40.1 Å². The minimum absolute atomic E-state index is 0.0404. The zero-order valence-electron chi connectivity index (χ0n) is 10.5. The maximum absolute atomic E-state index is 12.6. The highest BCUT2D eigenvalue weighted by Crippen LogP contribution is 2.27. The number of aromatic nitrogens is 1. The Balaban J connectivity index is 2.25. The molecule has 4 nitrogen and oxygen atoms in total. The molecule has 0 unspecified atom stereocenters. The third-order valence-electron chi connectivity index (χ3n) is 3.40. The first-order valence-electron chi connectivity index (χ1n) is 6.36. The third-order valence-corrected chi connectivity index (χ3v) is 4.14. The van der Waals surface area contributed by atoms with Gasteiger partial charge in [-0.2, -0.15) is 0 Å². The molecule has 0 saturated heterocycles. The lowest BCUT2D eigenvalue weighted by Gasteiger charge is -2.28. The summed E-state index contributed by atoms with van der Waals surface area (Å²) < 4.78 is 0.718. The summed E-state index contributed by atoms with van der Waals surface area (Å²) in [6.45, 7) is 0.299. The topological polar surface area (TPSA) is 53.4 Å². The van der Waals surface area contributed by atoms with E-state index in [-0.39, 0.29) is 23.7 Å². The van der Waals surface area contributed by atoms with Crippen LogP contribution in [0.1, 0.15) is 36.0 Å². The van der Waals surface area contributed by atoms with Crippen molar-refractivity contribution in [3.8, 4) is 0 Å². The largest absolute Gasteiger partial charge is 0.395 e. The van der Waals surface area contributed by atoms with E-state index in [2.05, 4.69) is 20.9 Å². The smallest absolute Gasteiger partial charge is 0.257 e. The Bertz CT molecular complexity index is 464. The molecule has 1 aromatic heterocycles. The van der Waals surface area contributed by atoms with E-state index >= 15 is 0 Å². The molecular formula is C13H16BrClN2O2. The van der Waals surface area contributed by atoms with Gasteiger partial charge in [-0.05, 0) is 34.8 Å². The van der Waals surface area contributed by atoms with E-state index in [1.807, 2.05) is 0 Å². The standard InChI is InChI=1S/C13H16BrClN2O2/c14-9-7-11(12(15)16-8-9)13(19)17(5-6-18)10-3-1-2-4-10/h7-8,10,18H,1-6H2. The summed E-state index contributed by atoms with van der Waals surface area (Å²) in [5, 5.41) is 9.37. The van der Waals surface area contributed by atoms with Gasteiger partial charge in [-0.3, -0.25) is 4.79 Å². The average Bonchev–Trinajstić information content (AvgIpc) is 2.92. The van der Waals surface area contributed by atoms with E-state index in [4.69, 9.17) is 16.7 Å². The molecule has 0 atom stereocenters. The van der Waals surface area contributed by atoms with Gasteiger partial charge >= 0.3 is 0 Å². The van der Waals surface area contributed by atoms with Crippen LogP contribution in [0.2, 0.25) is 5.15 Å². The van der Waals surface area contributed by atoms with Crippen LogP contribution in [0.4, 0.5) is 0 Å². The molecule has 1 aliphatic rings. The van der Waals surface area contributed by atoms with Gasteiger partial charge in [0.2, 0.25) is 0 Å². The van der Waals surface area contributed by atoms with Gasteiger partial charge in [0.25, 0.3) is 5.91 Å². The number of carbonyl (C=O) groups excluding carboxylic acids is 1. The number of amides is 1. The summed E-state index contributed by atoms with van der Waals surface area (Å²) in [6, 6.07) is 1.88. The van der Waals surface area contributed by atoms with Crippen molar-refractivity contribution >= 4 is 33.4 Å². The lowest BCUT2D eigenvalue weighted by molar-refractivity contribution is 0.0637. The Morgan fingerprint density at radius 3 is 2.84 bits per heavy atom. The van der Waals surface area contributed by atoms with Crippen molar-refractivity contribution in [1.29, 1.82) is 0 Å². The Morgan fingerprint density at radius 1 is 1.53 bits per heavy atom. The quantitative estimate of drug-likeness (QED) is 0.852. The number of hydrogen-bond donors (Lipinski definition) is 1. The highest BCUT2D eigenvalue weighted by atomic mass is 79.9. The second kappa shape index (κ2) is 6.68. The van der Waals surface area contributed by atoms with Gasteiger partial charge in [-0.25, -0.2) is 4.98 Å². The molecule has 1 aliphatic carbocycles. The van der Waals surface area contributed by atoms with E-state index in [1.54, 1.807) is 17.2 Å². The molecule has 0 aromatic carbocycles. The lowest BCUT2D eigenvalue weighted by atomic mass is 10.1. The van der Waals surface area contributed by atoms with Gasteiger partial charge < -0.3 is 10.0 Å². The van der Waals surface area contributed by atoms with Crippen LogP contribution in [0.5, 0.6) is 0 Å². The Morgan fingerprint density at radius 2 is 2.21 bits per heavy atom. The molecule has 1 aromatic rings.